The van der Waals surface area contributed by atoms with E-state index < -0.39 is 5.97 Å². The summed E-state index contributed by atoms with van der Waals surface area (Å²) in [6, 6.07) is 4.78. The summed E-state index contributed by atoms with van der Waals surface area (Å²) in [6.07, 6.45) is 2.79. The Morgan fingerprint density at radius 2 is 2.29 bits per heavy atom. The third kappa shape index (κ3) is 3.49. The molecule has 0 spiro atoms. The number of carboxylic acid groups (broad SMARTS) is 1. The number of nitrogens with zero attached hydrogens (tertiary/aromatic N) is 1. The number of hydrogen-bond acceptors (Lipinski definition) is 2. The van der Waals surface area contributed by atoms with Gasteiger partial charge in [-0.2, -0.15) is 0 Å². The fourth-order valence-electron chi connectivity index (χ4n) is 1.63. The van der Waals surface area contributed by atoms with Gasteiger partial charge in [-0.25, -0.2) is 4.79 Å². The SMILES string of the molecule is C=CCN(CCC)c1ccc(C(=O)O)cc1Cl. The molecule has 0 unspecified atom stereocenters. The smallest absolute Gasteiger partial charge is 0.335 e. The molecule has 1 rings (SSSR count). The lowest BCUT2D eigenvalue weighted by atomic mass is 10.2. The summed E-state index contributed by atoms with van der Waals surface area (Å²) < 4.78 is 0. The van der Waals surface area contributed by atoms with Crippen LogP contribution in [0.4, 0.5) is 5.69 Å². The van der Waals surface area contributed by atoms with Crippen molar-refractivity contribution in [2.75, 3.05) is 18.0 Å². The number of anilines is 1. The number of benzene rings is 1. The van der Waals surface area contributed by atoms with Gasteiger partial charge in [0.05, 0.1) is 16.3 Å². The van der Waals surface area contributed by atoms with Crippen molar-refractivity contribution < 1.29 is 9.90 Å². The van der Waals surface area contributed by atoms with Gasteiger partial charge in [0.1, 0.15) is 0 Å². The molecular formula is C13H16ClNO2. The fraction of sp³-hybridized carbons (Fsp3) is 0.308. The Kier molecular flexibility index (Phi) is 5.04. The van der Waals surface area contributed by atoms with Crippen LogP contribution >= 0.6 is 11.6 Å². The number of halogens is 1. The molecule has 1 aromatic rings. The molecule has 0 saturated carbocycles. The van der Waals surface area contributed by atoms with Gasteiger partial charge in [-0.3, -0.25) is 0 Å². The predicted molar refractivity (Wildman–Crippen MR) is 71.1 cm³/mol. The summed E-state index contributed by atoms with van der Waals surface area (Å²) in [4.78, 5) is 12.9. The number of aromatic carboxylic acids is 1. The Morgan fingerprint density at radius 1 is 1.59 bits per heavy atom. The minimum absolute atomic E-state index is 0.203. The summed E-state index contributed by atoms with van der Waals surface area (Å²) in [5.41, 5.74) is 1.05. The van der Waals surface area contributed by atoms with Gasteiger partial charge in [0, 0.05) is 13.1 Å². The Balaban J connectivity index is 3.03. The molecule has 17 heavy (non-hydrogen) atoms. The lowest BCUT2D eigenvalue weighted by molar-refractivity contribution is 0.0697. The van der Waals surface area contributed by atoms with E-state index in [0.29, 0.717) is 11.6 Å². The van der Waals surface area contributed by atoms with E-state index in [1.165, 1.54) is 6.07 Å². The molecular weight excluding hydrogens is 238 g/mol. The maximum Gasteiger partial charge on any atom is 0.335 e. The number of carbonyl (C=O) groups is 1. The lowest BCUT2D eigenvalue weighted by Gasteiger charge is -2.23. The molecule has 0 aliphatic rings. The van der Waals surface area contributed by atoms with E-state index in [9.17, 15) is 4.79 Å². The highest BCUT2D eigenvalue weighted by atomic mass is 35.5. The summed E-state index contributed by atoms with van der Waals surface area (Å²) >= 11 is 6.10. The van der Waals surface area contributed by atoms with E-state index >= 15 is 0 Å². The third-order valence-corrected chi connectivity index (χ3v) is 2.68. The molecule has 1 aromatic carbocycles. The minimum Gasteiger partial charge on any atom is -0.478 e. The van der Waals surface area contributed by atoms with Crippen molar-refractivity contribution in [3.8, 4) is 0 Å². The van der Waals surface area contributed by atoms with Crippen LogP contribution in [-0.2, 0) is 0 Å². The molecule has 4 heteroatoms. The molecule has 92 valence electrons. The topological polar surface area (TPSA) is 40.5 Å². The van der Waals surface area contributed by atoms with Gasteiger partial charge in [0.25, 0.3) is 0 Å². The van der Waals surface area contributed by atoms with Crippen LogP contribution in [-0.4, -0.2) is 24.2 Å². The summed E-state index contributed by atoms with van der Waals surface area (Å²) in [5.74, 6) is -0.968. The average molecular weight is 254 g/mol. The summed E-state index contributed by atoms with van der Waals surface area (Å²) in [7, 11) is 0. The van der Waals surface area contributed by atoms with E-state index in [2.05, 4.69) is 18.4 Å². The third-order valence-electron chi connectivity index (χ3n) is 2.38. The van der Waals surface area contributed by atoms with Crippen LogP contribution in [0.5, 0.6) is 0 Å². The van der Waals surface area contributed by atoms with Crippen molar-refractivity contribution in [1.82, 2.24) is 0 Å². The maximum absolute atomic E-state index is 10.8. The largest absolute Gasteiger partial charge is 0.478 e. The van der Waals surface area contributed by atoms with E-state index in [4.69, 9.17) is 16.7 Å². The van der Waals surface area contributed by atoms with Crippen molar-refractivity contribution >= 4 is 23.3 Å². The van der Waals surface area contributed by atoms with Crippen LogP contribution in [0.3, 0.4) is 0 Å². The second-order valence-corrected chi connectivity index (χ2v) is 4.11. The van der Waals surface area contributed by atoms with E-state index in [0.717, 1.165) is 18.7 Å². The second-order valence-electron chi connectivity index (χ2n) is 3.71. The molecule has 0 bridgehead atoms. The summed E-state index contributed by atoms with van der Waals surface area (Å²) in [5, 5.41) is 9.32. The molecule has 0 aromatic heterocycles. The highest BCUT2D eigenvalue weighted by molar-refractivity contribution is 6.33. The fourth-order valence-corrected chi connectivity index (χ4v) is 1.93. The standard InChI is InChI=1S/C13H16ClNO2/c1-3-7-15(8-4-2)12-6-5-10(13(16)17)9-11(12)14/h3,5-6,9H,1,4,7-8H2,2H3,(H,16,17). The zero-order valence-corrected chi connectivity index (χ0v) is 10.6. The van der Waals surface area contributed by atoms with E-state index in [-0.39, 0.29) is 5.56 Å². The predicted octanol–water partition coefficient (Wildman–Crippen LogP) is 3.44. The quantitative estimate of drug-likeness (QED) is 0.790. The van der Waals surface area contributed by atoms with Crippen molar-refractivity contribution in [1.29, 1.82) is 0 Å². The molecule has 1 N–H and O–H groups in total. The van der Waals surface area contributed by atoms with Crippen molar-refractivity contribution in [3.05, 3.63) is 41.4 Å². The monoisotopic (exact) mass is 253 g/mol. The van der Waals surface area contributed by atoms with Gasteiger partial charge in [-0.15, -0.1) is 6.58 Å². The lowest BCUT2D eigenvalue weighted by Crippen LogP contribution is -2.24. The summed E-state index contributed by atoms with van der Waals surface area (Å²) in [6.45, 7) is 7.34. The number of carboxylic acids is 1. The molecule has 0 atom stereocenters. The Morgan fingerprint density at radius 3 is 2.76 bits per heavy atom. The molecule has 0 aliphatic heterocycles. The van der Waals surface area contributed by atoms with E-state index in [1.54, 1.807) is 18.2 Å². The van der Waals surface area contributed by atoms with Crippen LogP contribution in [0.2, 0.25) is 5.02 Å². The number of hydrogen-bond donors (Lipinski definition) is 1. The van der Waals surface area contributed by atoms with Crippen LogP contribution < -0.4 is 4.90 Å². The highest BCUT2D eigenvalue weighted by Gasteiger charge is 2.11. The second kappa shape index (κ2) is 6.30. The Bertz CT molecular complexity index is 418. The van der Waals surface area contributed by atoms with Gasteiger partial charge in [0.2, 0.25) is 0 Å². The zero-order chi connectivity index (χ0) is 12.8. The minimum atomic E-state index is -0.968. The van der Waals surface area contributed by atoms with Crippen LogP contribution in [0.1, 0.15) is 23.7 Å². The molecule has 0 amide bonds. The maximum atomic E-state index is 10.8. The van der Waals surface area contributed by atoms with Gasteiger partial charge < -0.3 is 10.0 Å². The van der Waals surface area contributed by atoms with E-state index in [1.807, 2.05) is 0 Å². The average Bonchev–Trinajstić information content (AvgIpc) is 2.28. The molecule has 0 aliphatic carbocycles. The number of rotatable bonds is 6. The first kappa shape index (κ1) is 13.6. The van der Waals surface area contributed by atoms with Gasteiger partial charge in [-0.05, 0) is 24.6 Å². The molecule has 0 saturated heterocycles. The first-order valence-corrected chi connectivity index (χ1v) is 5.86. The molecule has 0 fully saturated rings. The van der Waals surface area contributed by atoms with Crippen LogP contribution in [0, 0.1) is 0 Å². The molecule has 0 radical (unpaired) electrons. The van der Waals surface area contributed by atoms with Crippen molar-refractivity contribution in [2.24, 2.45) is 0 Å². The normalized spacial score (nSPS) is 10.0. The Hall–Kier alpha value is -1.48. The first-order chi connectivity index (χ1) is 8.10. The van der Waals surface area contributed by atoms with Crippen molar-refractivity contribution in [2.45, 2.75) is 13.3 Å². The molecule has 0 heterocycles. The van der Waals surface area contributed by atoms with Crippen molar-refractivity contribution in [3.63, 3.8) is 0 Å². The van der Waals surface area contributed by atoms with Gasteiger partial charge in [0.15, 0.2) is 0 Å². The van der Waals surface area contributed by atoms with Crippen LogP contribution in [0.25, 0.3) is 0 Å². The van der Waals surface area contributed by atoms with Crippen LogP contribution in [0.15, 0.2) is 30.9 Å². The first-order valence-electron chi connectivity index (χ1n) is 5.48. The van der Waals surface area contributed by atoms with Gasteiger partial charge in [-0.1, -0.05) is 24.6 Å². The Labute approximate surface area is 106 Å². The zero-order valence-electron chi connectivity index (χ0n) is 9.82. The van der Waals surface area contributed by atoms with Gasteiger partial charge >= 0.3 is 5.97 Å². The molecule has 3 nitrogen and oxygen atoms in total. The highest BCUT2D eigenvalue weighted by Crippen LogP contribution is 2.27.